The lowest BCUT2D eigenvalue weighted by atomic mass is 10.1. The first-order valence-corrected chi connectivity index (χ1v) is 10.6. The van der Waals surface area contributed by atoms with Gasteiger partial charge in [0.15, 0.2) is 5.78 Å². The Morgan fingerprint density at radius 2 is 1.63 bits per heavy atom. The van der Waals surface area contributed by atoms with Crippen molar-refractivity contribution in [2.45, 2.75) is 19.4 Å². The molecular weight excluding hydrogens is 378 g/mol. The number of amides is 1. The molecule has 4 rings (SSSR count). The number of nitrogens with zero attached hydrogens (tertiary/aromatic N) is 4. The Hall–Kier alpha value is -2.95. The van der Waals surface area contributed by atoms with Gasteiger partial charge in [0.25, 0.3) is 5.91 Å². The van der Waals surface area contributed by atoms with Crippen LogP contribution in [0.25, 0.3) is 0 Å². The number of carbonyl (C=O) groups is 2. The molecule has 0 bridgehead atoms. The molecule has 0 aliphatic carbocycles. The second-order valence-electron chi connectivity index (χ2n) is 8.09. The number of rotatable bonds is 6. The van der Waals surface area contributed by atoms with Crippen LogP contribution in [0.1, 0.15) is 44.8 Å². The topological polar surface area (TPSA) is 83.4 Å². The van der Waals surface area contributed by atoms with Crippen LogP contribution in [0, 0.1) is 11.3 Å². The molecule has 2 saturated heterocycles. The fourth-order valence-electron chi connectivity index (χ4n) is 4.11. The molecule has 2 aliphatic rings. The van der Waals surface area contributed by atoms with Crippen LogP contribution >= 0.6 is 0 Å². The van der Waals surface area contributed by atoms with Crippen molar-refractivity contribution in [3.8, 4) is 6.07 Å². The minimum absolute atomic E-state index is 0.0111. The number of benzene rings is 1. The largest absolute Gasteiger partial charge is 0.356 e. The highest BCUT2D eigenvalue weighted by Gasteiger charge is 2.23. The van der Waals surface area contributed by atoms with Crippen molar-refractivity contribution in [3.63, 3.8) is 0 Å². The van der Waals surface area contributed by atoms with Gasteiger partial charge in [-0.1, -0.05) is 12.1 Å². The van der Waals surface area contributed by atoms with Crippen molar-refractivity contribution in [2.75, 3.05) is 45.8 Å². The SMILES string of the molecule is N#Cc1ccc(CN2CCN(CC(=O)c3c[nH]c(C(=O)N4CCCC4)c3)CC2)cc1. The molecule has 0 spiro atoms. The average Bonchev–Trinajstić information content (AvgIpc) is 3.48. The summed E-state index contributed by atoms with van der Waals surface area (Å²) < 4.78 is 0. The summed E-state index contributed by atoms with van der Waals surface area (Å²) >= 11 is 0. The summed E-state index contributed by atoms with van der Waals surface area (Å²) in [6, 6.07) is 11.5. The van der Waals surface area contributed by atoms with Crippen molar-refractivity contribution in [3.05, 3.63) is 58.9 Å². The van der Waals surface area contributed by atoms with Crippen LogP contribution in [0.2, 0.25) is 0 Å². The molecule has 0 radical (unpaired) electrons. The highest BCUT2D eigenvalue weighted by molar-refractivity contribution is 6.01. The number of aromatic amines is 1. The fraction of sp³-hybridized carbons (Fsp3) is 0.435. The van der Waals surface area contributed by atoms with Crippen LogP contribution < -0.4 is 0 Å². The smallest absolute Gasteiger partial charge is 0.270 e. The summed E-state index contributed by atoms with van der Waals surface area (Å²) in [6.45, 7) is 6.31. The molecule has 1 aromatic carbocycles. The van der Waals surface area contributed by atoms with Gasteiger partial charge in [-0.05, 0) is 36.6 Å². The van der Waals surface area contributed by atoms with E-state index in [1.54, 1.807) is 12.3 Å². The average molecular weight is 406 g/mol. The van der Waals surface area contributed by atoms with E-state index in [4.69, 9.17) is 5.26 Å². The van der Waals surface area contributed by atoms with E-state index in [1.165, 1.54) is 5.56 Å². The van der Waals surface area contributed by atoms with Crippen molar-refractivity contribution in [1.82, 2.24) is 19.7 Å². The van der Waals surface area contributed by atoms with Crippen molar-refractivity contribution in [1.29, 1.82) is 5.26 Å². The predicted octanol–water partition coefficient (Wildman–Crippen LogP) is 2.12. The van der Waals surface area contributed by atoms with Crippen LogP contribution in [-0.2, 0) is 6.54 Å². The zero-order chi connectivity index (χ0) is 20.9. The van der Waals surface area contributed by atoms with Crippen LogP contribution in [0.15, 0.2) is 36.5 Å². The summed E-state index contributed by atoms with van der Waals surface area (Å²) in [6.07, 6.45) is 3.76. The van der Waals surface area contributed by atoms with Gasteiger partial charge in [-0.25, -0.2) is 0 Å². The maximum atomic E-state index is 12.7. The molecule has 1 amide bonds. The van der Waals surface area contributed by atoms with Crippen LogP contribution in [0.3, 0.4) is 0 Å². The molecular formula is C23H27N5O2. The van der Waals surface area contributed by atoms with E-state index < -0.39 is 0 Å². The number of H-pyrrole nitrogens is 1. The first-order chi connectivity index (χ1) is 14.6. The van der Waals surface area contributed by atoms with Gasteiger partial charge in [0, 0.05) is 57.6 Å². The van der Waals surface area contributed by atoms with Crippen LogP contribution in [0.5, 0.6) is 0 Å². The normalized spacial score (nSPS) is 17.8. The molecule has 0 saturated carbocycles. The van der Waals surface area contributed by atoms with E-state index in [-0.39, 0.29) is 11.7 Å². The minimum atomic E-state index is -0.0111. The minimum Gasteiger partial charge on any atom is -0.356 e. The Bertz CT molecular complexity index is 929. The van der Waals surface area contributed by atoms with Gasteiger partial charge >= 0.3 is 0 Å². The number of ketones is 1. The monoisotopic (exact) mass is 405 g/mol. The van der Waals surface area contributed by atoms with E-state index in [2.05, 4.69) is 20.9 Å². The van der Waals surface area contributed by atoms with Gasteiger partial charge in [-0.3, -0.25) is 19.4 Å². The zero-order valence-corrected chi connectivity index (χ0v) is 17.1. The highest BCUT2D eigenvalue weighted by Crippen LogP contribution is 2.15. The fourth-order valence-corrected chi connectivity index (χ4v) is 4.11. The van der Waals surface area contributed by atoms with Crippen LogP contribution in [0.4, 0.5) is 0 Å². The molecule has 0 unspecified atom stereocenters. The van der Waals surface area contributed by atoms with Gasteiger partial charge in [0.1, 0.15) is 5.69 Å². The van der Waals surface area contributed by atoms with E-state index in [1.807, 2.05) is 29.2 Å². The molecule has 2 fully saturated rings. The maximum Gasteiger partial charge on any atom is 0.270 e. The number of piperazine rings is 1. The number of carbonyl (C=O) groups excluding carboxylic acids is 2. The zero-order valence-electron chi connectivity index (χ0n) is 17.1. The first kappa shape index (κ1) is 20.3. The number of aromatic nitrogens is 1. The second-order valence-corrected chi connectivity index (χ2v) is 8.09. The standard InChI is InChI=1S/C23H27N5O2/c24-14-18-3-5-19(6-4-18)16-26-9-11-27(12-10-26)17-22(29)20-13-21(25-15-20)23(30)28-7-1-2-8-28/h3-6,13,15,25H,1-2,7-12,16-17H2. The Balaban J connectivity index is 1.25. The predicted molar refractivity (Wildman–Crippen MR) is 113 cm³/mol. The molecule has 3 heterocycles. The molecule has 1 aromatic heterocycles. The Morgan fingerprint density at radius 3 is 2.30 bits per heavy atom. The maximum absolute atomic E-state index is 12.7. The number of hydrogen-bond acceptors (Lipinski definition) is 5. The third-order valence-electron chi connectivity index (χ3n) is 5.95. The Labute approximate surface area is 176 Å². The van der Waals surface area contributed by atoms with E-state index in [0.717, 1.165) is 58.7 Å². The molecule has 7 nitrogen and oxygen atoms in total. The Kier molecular flexibility index (Phi) is 6.26. The summed E-state index contributed by atoms with van der Waals surface area (Å²) in [5.74, 6) is 0.0373. The quantitative estimate of drug-likeness (QED) is 0.745. The summed E-state index contributed by atoms with van der Waals surface area (Å²) in [5, 5.41) is 8.90. The van der Waals surface area contributed by atoms with E-state index in [9.17, 15) is 9.59 Å². The van der Waals surface area contributed by atoms with Gasteiger partial charge in [0.2, 0.25) is 0 Å². The van der Waals surface area contributed by atoms with Gasteiger partial charge < -0.3 is 9.88 Å². The lowest BCUT2D eigenvalue weighted by Gasteiger charge is -2.34. The number of likely N-dealkylation sites (tertiary alicyclic amines) is 1. The third kappa shape index (κ3) is 4.78. The Morgan fingerprint density at radius 1 is 0.967 bits per heavy atom. The lowest BCUT2D eigenvalue weighted by Crippen LogP contribution is -2.47. The highest BCUT2D eigenvalue weighted by atomic mass is 16.2. The van der Waals surface area contributed by atoms with Gasteiger partial charge in [-0.2, -0.15) is 5.26 Å². The molecule has 2 aliphatic heterocycles. The summed E-state index contributed by atoms with van der Waals surface area (Å²) in [5.41, 5.74) is 2.96. The van der Waals surface area contributed by atoms with Crippen LogP contribution in [-0.4, -0.2) is 77.2 Å². The number of nitrogens with one attached hydrogen (secondary N) is 1. The third-order valence-corrected chi connectivity index (χ3v) is 5.95. The summed E-state index contributed by atoms with van der Waals surface area (Å²) in [7, 11) is 0. The molecule has 2 aromatic rings. The first-order valence-electron chi connectivity index (χ1n) is 10.6. The summed E-state index contributed by atoms with van der Waals surface area (Å²) in [4.78, 5) is 34.5. The van der Waals surface area contributed by atoms with Crippen molar-refractivity contribution < 1.29 is 9.59 Å². The van der Waals surface area contributed by atoms with E-state index in [0.29, 0.717) is 23.4 Å². The van der Waals surface area contributed by atoms with Gasteiger partial charge in [0.05, 0.1) is 18.2 Å². The number of nitriles is 1. The lowest BCUT2D eigenvalue weighted by molar-refractivity contribution is 0.0787. The number of hydrogen-bond donors (Lipinski definition) is 1. The second kappa shape index (κ2) is 9.24. The molecule has 7 heteroatoms. The van der Waals surface area contributed by atoms with Crippen molar-refractivity contribution >= 4 is 11.7 Å². The van der Waals surface area contributed by atoms with Crippen molar-refractivity contribution in [2.24, 2.45) is 0 Å². The molecule has 1 N–H and O–H groups in total. The molecule has 156 valence electrons. The molecule has 0 atom stereocenters. The number of Topliss-reactive ketones (excluding diaryl/α,β-unsaturated/α-hetero) is 1. The molecule has 30 heavy (non-hydrogen) atoms. The van der Waals surface area contributed by atoms with Gasteiger partial charge in [-0.15, -0.1) is 0 Å². The van der Waals surface area contributed by atoms with E-state index >= 15 is 0 Å².